The number of nitrogens with zero attached hydrogens (tertiary/aromatic N) is 3. The second-order valence-electron chi connectivity index (χ2n) is 5.66. The Labute approximate surface area is 157 Å². The molecule has 4 nitrogen and oxygen atoms in total. The first-order valence-corrected chi connectivity index (χ1v) is 9.73. The van der Waals surface area contributed by atoms with Crippen molar-refractivity contribution >= 4 is 39.0 Å². The van der Waals surface area contributed by atoms with Crippen LogP contribution in [0.1, 0.15) is 25.6 Å². The van der Waals surface area contributed by atoms with Gasteiger partial charge in [-0.1, -0.05) is 12.1 Å². The van der Waals surface area contributed by atoms with Crippen molar-refractivity contribution in [2.24, 2.45) is 0 Å². The number of hydrogen-bond acceptors (Lipinski definition) is 5. The molecule has 0 aliphatic rings. The summed E-state index contributed by atoms with van der Waals surface area (Å²) in [5.74, 6) is 1.79. The highest BCUT2D eigenvalue weighted by Gasteiger charge is 2.20. The highest BCUT2D eigenvalue weighted by Crippen LogP contribution is 2.42. The van der Waals surface area contributed by atoms with E-state index in [4.69, 9.17) is 16.3 Å². The van der Waals surface area contributed by atoms with Gasteiger partial charge in [-0.3, -0.25) is 0 Å². The van der Waals surface area contributed by atoms with E-state index in [1.807, 2.05) is 19.1 Å². The minimum absolute atomic E-state index is 0.300. The number of fused-ring (bicyclic) bond motifs is 1. The minimum Gasteiger partial charge on any atom is -0.494 e. The number of anilines is 1. The summed E-state index contributed by atoms with van der Waals surface area (Å²) in [6, 6.07) is 8.21. The van der Waals surface area contributed by atoms with Gasteiger partial charge in [0.15, 0.2) is 0 Å². The second kappa shape index (κ2) is 7.58. The Balaban J connectivity index is 2.22. The summed E-state index contributed by atoms with van der Waals surface area (Å²) in [7, 11) is 0. The molecule has 25 heavy (non-hydrogen) atoms. The first kappa shape index (κ1) is 18.0. The quantitative estimate of drug-likeness (QED) is 0.528. The maximum atomic E-state index is 6.19. The molecule has 0 N–H and O–H groups in total. The second-order valence-corrected chi connectivity index (χ2v) is 7.20. The van der Waals surface area contributed by atoms with E-state index in [1.165, 1.54) is 10.4 Å². The van der Waals surface area contributed by atoms with Crippen molar-refractivity contribution in [3.05, 3.63) is 34.4 Å². The number of hydrogen-bond donors (Lipinski definition) is 0. The summed E-state index contributed by atoms with van der Waals surface area (Å²) in [5.41, 5.74) is 2.33. The van der Waals surface area contributed by atoms with Crippen molar-refractivity contribution in [1.29, 1.82) is 0 Å². The Morgan fingerprint density at radius 3 is 2.36 bits per heavy atom. The molecule has 2 aromatic heterocycles. The molecule has 0 unspecified atom stereocenters. The zero-order chi connectivity index (χ0) is 18.0. The van der Waals surface area contributed by atoms with Gasteiger partial charge in [0.1, 0.15) is 16.4 Å². The molecule has 0 bridgehead atoms. The van der Waals surface area contributed by atoms with Crippen molar-refractivity contribution in [3.8, 4) is 16.9 Å². The fourth-order valence-corrected chi connectivity index (χ4v) is 4.31. The van der Waals surface area contributed by atoms with Crippen molar-refractivity contribution in [3.63, 3.8) is 0 Å². The topological polar surface area (TPSA) is 38.3 Å². The molecule has 1 aromatic carbocycles. The van der Waals surface area contributed by atoms with Gasteiger partial charge in [0.25, 0.3) is 0 Å². The van der Waals surface area contributed by atoms with E-state index in [9.17, 15) is 0 Å². The van der Waals surface area contributed by atoms with Crippen LogP contribution < -0.4 is 9.64 Å². The first-order chi connectivity index (χ1) is 12.1. The van der Waals surface area contributed by atoms with Crippen LogP contribution in [-0.4, -0.2) is 29.7 Å². The molecule has 0 atom stereocenters. The average Bonchev–Trinajstić information content (AvgIpc) is 2.92. The van der Waals surface area contributed by atoms with Gasteiger partial charge < -0.3 is 9.64 Å². The molecule has 132 valence electrons. The molecule has 0 saturated carbocycles. The van der Waals surface area contributed by atoms with E-state index in [2.05, 4.69) is 47.8 Å². The Kier molecular flexibility index (Phi) is 5.45. The van der Waals surface area contributed by atoms with E-state index in [0.717, 1.165) is 40.4 Å². The SMILES string of the molecule is CCOc1ccc(-c2c(C)sc3nc(Cl)nc(N(CC)CC)c23)cc1. The third kappa shape index (κ3) is 3.44. The fourth-order valence-electron chi connectivity index (χ4n) is 3.05. The third-order valence-electron chi connectivity index (χ3n) is 4.20. The molecule has 0 spiro atoms. The van der Waals surface area contributed by atoms with Crippen LogP contribution in [0.3, 0.4) is 0 Å². The predicted octanol–water partition coefficient (Wildman–Crippen LogP) is 5.57. The number of ether oxygens (including phenoxy) is 1. The van der Waals surface area contributed by atoms with E-state index >= 15 is 0 Å². The number of aryl methyl sites for hydroxylation is 1. The van der Waals surface area contributed by atoms with Crippen molar-refractivity contribution < 1.29 is 4.74 Å². The minimum atomic E-state index is 0.300. The van der Waals surface area contributed by atoms with Gasteiger partial charge in [0.2, 0.25) is 5.28 Å². The Bertz CT molecular complexity index is 873. The molecular formula is C19H22ClN3OS. The molecule has 6 heteroatoms. The van der Waals surface area contributed by atoms with Gasteiger partial charge in [-0.2, -0.15) is 4.98 Å². The van der Waals surface area contributed by atoms with Crippen molar-refractivity contribution in [2.75, 3.05) is 24.6 Å². The molecule has 0 aliphatic heterocycles. The zero-order valence-electron chi connectivity index (χ0n) is 15.0. The molecular weight excluding hydrogens is 354 g/mol. The normalized spacial score (nSPS) is 11.1. The van der Waals surface area contributed by atoms with E-state index in [1.54, 1.807) is 11.3 Å². The van der Waals surface area contributed by atoms with E-state index in [-0.39, 0.29) is 0 Å². The predicted molar refractivity (Wildman–Crippen MR) is 107 cm³/mol. The molecule has 3 aromatic rings. The molecule has 0 saturated heterocycles. The Morgan fingerprint density at radius 2 is 1.76 bits per heavy atom. The van der Waals surface area contributed by atoms with Crippen LogP contribution in [0.5, 0.6) is 5.75 Å². The summed E-state index contributed by atoms with van der Waals surface area (Å²) < 4.78 is 5.56. The number of rotatable bonds is 6. The number of halogens is 1. The van der Waals surface area contributed by atoms with Crippen LogP contribution in [0.2, 0.25) is 5.28 Å². The Hall–Kier alpha value is -1.85. The molecule has 2 heterocycles. The fraction of sp³-hybridized carbons (Fsp3) is 0.368. The van der Waals surface area contributed by atoms with Crippen LogP contribution in [0.15, 0.2) is 24.3 Å². The lowest BCUT2D eigenvalue weighted by atomic mass is 10.0. The van der Waals surface area contributed by atoms with Crippen LogP contribution in [0.4, 0.5) is 5.82 Å². The van der Waals surface area contributed by atoms with Crippen LogP contribution in [0, 0.1) is 6.92 Å². The summed E-state index contributed by atoms with van der Waals surface area (Å²) in [4.78, 5) is 13.4. The molecule has 3 rings (SSSR count). The largest absolute Gasteiger partial charge is 0.494 e. The molecule has 0 radical (unpaired) electrons. The van der Waals surface area contributed by atoms with Gasteiger partial charge in [-0.05, 0) is 57.0 Å². The third-order valence-corrected chi connectivity index (χ3v) is 5.37. The summed E-state index contributed by atoms with van der Waals surface area (Å²) in [5, 5.41) is 1.38. The lowest BCUT2D eigenvalue weighted by molar-refractivity contribution is 0.340. The van der Waals surface area contributed by atoms with Gasteiger partial charge in [0.05, 0.1) is 12.0 Å². The highest BCUT2D eigenvalue weighted by atomic mass is 35.5. The summed E-state index contributed by atoms with van der Waals surface area (Å²) in [6.45, 7) is 10.8. The van der Waals surface area contributed by atoms with Gasteiger partial charge in [0, 0.05) is 23.5 Å². The maximum absolute atomic E-state index is 6.19. The Morgan fingerprint density at radius 1 is 1.08 bits per heavy atom. The van der Waals surface area contributed by atoms with E-state index < -0.39 is 0 Å². The molecule has 0 aliphatic carbocycles. The van der Waals surface area contributed by atoms with Crippen LogP contribution in [0.25, 0.3) is 21.3 Å². The number of benzene rings is 1. The highest BCUT2D eigenvalue weighted by molar-refractivity contribution is 7.19. The monoisotopic (exact) mass is 375 g/mol. The smallest absolute Gasteiger partial charge is 0.225 e. The lowest BCUT2D eigenvalue weighted by Crippen LogP contribution is -2.23. The number of thiophene rings is 1. The van der Waals surface area contributed by atoms with Gasteiger partial charge in [-0.25, -0.2) is 4.98 Å². The zero-order valence-corrected chi connectivity index (χ0v) is 16.5. The van der Waals surface area contributed by atoms with Gasteiger partial charge >= 0.3 is 0 Å². The van der Waals surface area contributed by atoms with Crippen LogP contribution in [-0.2, 0) is 0 Å². The average molecular weight is 376 g/mol. The lowest BCUT2D eigenvalue weighted by Gasteiger charge is -2.21. The maximum Gasteiger partial charge on any atom is 0.225 e. The standard InChI is InChI=1S/C19H22ClN3OS/c1-5-23(6-2)17-16-15(12(4)25-18(16)22-19(20)21-17)13-8-10-14(11-9-13)24-7-3/h8-11H,5-7H2,1-4H3. The van der Waals surface area contributed by atoms with Crippen molar-refractivity contribution in [1.82, 2.24) is 9.97 Å². The molecule has 0 amide bonds. The first-order valence-electron chi connectivity index (χ1n) is 8.53. The van der Waals surface area contributed by atoms with E-state index in [0.29, 0.717) is 11.9 Å². The van der Waals surface area contributed by atoms with Crippen molar-refractivity contribution in [2.45, 2.75) is 27.7 Å². The number of aromatic nitrogens is 2. The molecule has 0 fully saturated rings. The summed E-state index contributed by atoms with van der Waals surface area (Å²) >= 11 is 7.85. The van der Waals surface area contributed by atoms with Gasteiger partial charge in [-0.15, -0.1) is 11.3 Å². The van der Waals surface area contributed by atoms with Crippen LogP contribution >= 0.6 is 22.9 Å². The summed E-state index contributed by atoms with van der Waals surface area (Å²) in [6.07, 6.45) is 0.